The lowest BCUT2D eigenvalue weighted by atomic mass is 9.83. The third-order valence-corrected chi connectivity index (χ3v) is 4.86. The highest BCUT2D eigenvalue weighted by Crippen LogP contribution is 2.37. The molecule has 0 saturated carbocycles. The molecule has 2 atom stereocenters. The lowest BCUT2D eigenvalue weighted by molar-refractivity contribution is -0.147. The molecule has 1 fully saturated rings. The number of hydrogen-bond donors (Lipinski definition) is 0. The fraction of sp³-hybridized carbons (Fsp3) is 0.579. The van der Waals surface area contributed by atoms with E-state index in [0.717, 1.165) is 5.56 Å². The van der Waals surface area contributed by atoms with Gasteiger partial charge in [0, 0.05) is 26.1 Å². The Kier molecular flexibility index (Phi) is 5.80. The van der Waals surface area contributed by atoms with Crippen molar-refractivity contribution < 1.29 is 9.59 Å². The molecule has 4 heteroatoms. The second-order valence-corrected chi connectivity index (χ2v) is 6.19. The van der Waals surface area contributed by atoms with Crippen LogP contribution in [0.4, 0.5) is 0 Å². The maximum Gasteiger partial charge on any atom is 0.228 e. The summed E-state index contributed by atoms with van der Waals surface area (Å²) >= 11 is 0. The van der Waals surface area contributed by atoms with Crippen LogP contribution in [0.15, 0.2) is 24.3 Å². The molecule has 1 aliphatic heterocycles. The lowest BCUT2D eigenvalue weighted by Gasteiger charge is -2.42. The van der Waals surface area contributed by atoms with Crippen molar-refractivity contribution in [1.29, 1.82) is 0 Å². The summed E-state index contributed by atoms with van der Waals surface area (Å²) in [4.78, 5) is 29.1. The van der Waals surface area contributed by atoms with Crippen LogP contribution in [0.3, 0.4) is 0 Å². The van der Waals surface area contributed by atoms with Gasteiger partial charge >= 0.3 is 0 Å². The third kappa shape index (κ3) is 3.57. The maximum absolute atomic E-state index is 13.0. The molecule has 4 nitrogen and oxygen atoms in total. The van der Waals surface area contributed by atoms with E-state index < -0.39 is 0 Å². The molecule has 0 N–H and O–H groups in total. The molecular weight excluding hydrogens is 288 g/mol. The van der Waals surface area contributed by atoms with Crippen LogP contribution in [-0.2, 0) is 9.59 Å². The van der Waals surface area contributed by atoms with Crippen LogP contribution >= 0.6 is 0 Å². The van der Waals surface area contributed by atoms with Crippen LogP contribution in [-0.4, -0.2) is 41.2 Å². The van der Waals surface area contributed by atoms with E-state index in [0.29, 0.717) is 32.5 Å². The number of benzene rings is 1. The minimum Gasteiger partial charge on any atom is -0.343 e. The number of likely N-dealkylation sites (tertiary alicyclic amines) is 1. The van der Waals surface area contributed by atoms with E-state index in [9.17, 15) is 9.59 Å². The maximum atomic E-state index is 13.0. The zero-order chi connectivity index (χ0) is 17.0. The Labute approximate surface area is 139 Å². The van der Waals surface area contributed by atoms with Gasteiger partial charge in [-0.1, -0.05) is 29.8 Å². The molecule has 0 aliphatic carbocycles. The normalized spacial score (nSPS) is 21.4. The molecule has 126 valence electrons. The lowest BCUT2D eigenvalue weighted by Crippen LogP contribution is -2.49. The van der Waals surface area contributed by atoms with Crippen LogP contribution in [0, 0.1) is 12.8 Å². The van der Waals surface area contributed by atoms with Gasteiger partial charge in [0.15, 0.2) is 0 Å². The van der Waals surface area contributed by atoms with Crippen molar-refractivity contribution in [2.24, 2.45) is 5.92 Å². The van der Waals surface area contributed by atoms with E-state index >= 15 is 0 Å². The molecular formula is C19H28N2O2. The topological polar surface area (TPSA) is 40.6 Å². The Bertz CT molecular complexity index is 549. The highest BCUT2D eigenvalue weighted by atomic mass is 16.2. The first-order valence-corrected chi connectivity index (χ1v) is 8.68. The van der Waals surface area contributed by atoms with Gasteiger partial charge in [-0.15, -0.1) is 0 Å². The summed E-state index contributed by atoms with van der Waals surface area (Å²) in [7, 11) is 0. The number of amides is 2. The van der Waals surface area contributed by atoms with Crippen LogP contribution < -0.4 is 0 Å². The molecule has 0 bridgehead atoms. The second-order valence-electron chi connectivity index (χ2n) is 6.19. The molecule has 2 rings (SSSR count). The Balaban J connectivity index is 2.40. The van der Waals surface area contributed by atoms with Gasteiger partial charge in [-0.3, -0.25) is 9.59 Å². The van der Waals surface area contributed by atoms with Crippen molar-refractivity contribution in [3.63, 3.8) is 0 Å². The molecule has 1 heterocycles. The first-order valence-electron chi connectivity index (χ1n) is 8.68. The summed E-state index contributed by atoms with van der Waals surface area (Å²) in [5, 5.41) is 0. The molecule has 1 saturated heterocycles. The third-order valence-electron chi connectivity index (χ3n) is 4.86. The fourth-order valence-electron chi connectivity index (χ4n) is 3.53. The zero-order valence-corrected chi connectivity index (χ0v) is 14.7. The average molecular weight is 316 g/mol. The summed E-state index contributed by atoms with van der Waals surface area (Å²) in [5.41, 5.74) is 2.25. The van der Waals surface area contributed by atoms with Crippen molar-refractivity contribution in [3.05, 3.63) is 35.4 Å². The van der Waals surface area contributed by atoms with Crippen molar-refractivity contribution in [2.45, 2.75) is 46.6 Å². The smallest absolute Gasteiger partial charge is 0.228 e. The Morgan fingerprint density at radius 3 is 2.30 bits per heavy atom. The SMILES string of the molecule is CCN(CC)C(=O)[C@@H]1CCC(=O)N(CC)[C@H]1c1ccc(C)cc1. The van der Waals surface area contributed by atoms with Crippen LogP contribution in [0.2, 0.25) is 0 Å². The van der Waals surface area contributed by atoms with E-state index in [4.69, 9.17) is 0 Å². The van der Waals surface area contributed by atoms with Gasteiger partial charge in [0.25, 0.3) is 0 Å². The summed E-state index contributed by atoms with van der Waals surface area (Å²) in [6.07, 6.45) is 1.11. The number of rotatable bonds is 5. The number of carbonyl (C=O) groups is 2. The molecule has 2 amide bonds. The van der Waals surface area contributed by atoms with Crippen LogP contribution in [0.1, 0.15) is 50.8 Å². The van der Waals surface area contributed by atoms with Crippen molar-refractivity contribution >= 4 is 11.8 Å². The minimum atomic E-state index is -0.144. The molecule has 1 aromatic rings. The van der Waals surface area contributed by atoms with Crippen LogP contribution in [0.5, 0.6) is 0 Å². The molecule has 23 heavy (non-hydrogen) atoms. The van der Waals surface area contributed by atoms with Gasteiger partial charge in [-0.2, -0.15) is 0 Å². The van der Waals surface area contributed by atoms with E-state index in [2.05, 4.69) is 24.3 Å². The molecule has 0 spiro atoms. The van der Waals surface area contributed by atoms with Gasteiger partial charge in [0.05, 0.1) is 12.0 Å². The van der Waals surface area contributed by atoms with Gasteiger partial charge in [-0.25, -0.2) is 0 Å². The number of carbonyl (C=O) groups excluding carboxylic acids is 2. The van der Waals surface area contributed by atoms with E-state index in [-0.39, 0.29) is 23.8 Å². The van der Waals surface area contributed by atoms with Crippen molar-refractivity contribution in [1.82, 2.24) is 9.80 Å². The Morgan fingerprint density at radius 2 is 1.78 bits per heavy atom. The number of hydrogen-bond acceptors (Lipinski definition) is 2. The molecule has 0 aromatic heterocycles. The van der Waals surface area contributed by atoms with Crippen molar-refractivity contribution in [2.75, 3.05) is 19.6 Å². The highest BCUT2D eigenvalue weighted by molar-refractivity contribution is 5.85. The highest BCUT2D eigenvalue weighted by Gasteiger charge is 2.40. The predicted octanol–water partition coefficient (Wildman–Crippen LogP) is 3.16. The van der Waals surface area contributed by atoms with Gasteiger partial charge in [0.1, 0.15) is 0 Å². The predicted molar refractivity (Wildman–Crippen MR) is 92.0 cm³/mol. The fourth-order valence-corrected chi connectivity index (χ4v) is 3.53. The number of nitrogens with zero attached hydrogens (tertiary/aromatic N) is 2. The standard InChI is InChI=1S/C19H28N2O2/c1-5-20(6-2)19(23)16-12-13-17(22)21(7-3)18(16)15-10-8-14(4)9-11-15/h8-11,16,18H,5-7,12-13H2,1-4H3/t16-,18+/m1/s1. The first kappa shape index (κ1) is 17.5. The molecule has 1 aromatic carbocycles. The number of piperidine rings is 1. The molecule has 0 radical (unpaired) electrons. The van der Waals surface area contributed by atoms with Gasteiger partial charge in [0.2, 0.25) is 11.8 Å². The first-order chi connectivity index (χ1) is 11.0. The Morgan fingerprint density at radius 1 is 1.17 bits per heavy atom. The monoisotopic (exact) mass is 316 g/mol. The largest absolute Gasteiger partial charge is 0.343 e. The minimum absolute atomic E-state index is 0.143. The summed E-state index contributed by atoms with van der Waals surface area (Å²) in [5.74, 6) is 0.184. The second kappa shape index (κ2) is 7.62. The quantitative estimate of drug-likeness (QED) is 0.837. The van der Waals surface area contributed by atoms with Gasteiger partial charge < -0.3 is 9.80 Å². The van der Waals surface area contributed by atoms with E-state index in [1.807, 2.05) is 37.5 Å². The summed E-state index contributed by atoms with van der Waals surface area (Å²) < 4.78 is 0. The summed E-state index contributed by atoms with van der Waals surface area (Å²) in [6.45, 7) is 10.1. The van der Waals surface area contributed by atoms with Crippen LogP contribution in [0.25, 0.3) is 0 Å². The van der Waals surface area contributed by atoms with Crippen molar-refractivity contribution in [3.8, 4) is 0 Å². The molecule has 1 aliphatic rings. The zero-order valence-electron chi connectivity index (χ0n) is 14.7. The average Bonchev–Trinajstić information content (AvgIpc) is 2.56. The Hall–Kier alpha value is -1.84. The summed E-state index contributed by atoms with van der Waals surface area (Å²) in [6, 6.07) is 8.09. The van der Waals surface area contributed by atoms with E-state index in [1.165, 1.54) is 5.56 Å². The van der Waals surface area contributed by atoms with Gasteiger partial charge in [-0.05, 0) is 39.7 Å². The van der Waals surface area contributed by atoms with E-state index in [1.54, 1.807) is 0 Å². The number of aryl methyl sites for hydroxylation is 1. The molecule has 0 unspecified atom stereocenters.